The van der Waals surface area contributed by atoms with E-state index >= 15 is 0 Å². The predicted octanol–water partition coefficient (Wildman–Crippen LogP) is 0.763. The summed E-state index contributed by atoms with van der Waals surface area (Å²) < 4.78 is 0. The average molecular weight is 262 g/mol. The van der Waals surface area contributed by atoms with Gasteiger partial charge in [-0.15, -0.1) is 0 Å². The van der Waals surface area contributed by atoms with Crippen molar-refractivity contribution in [3.05, 3.63) is 23.8 Å². The Morgan fingerprint density at radius 2 is 2.00 bits per heavy atom. The topological polar surface area (TPSA) is 61.6 Å². The number of nitrogen functional groups attached to an aromatic ring is 1. The third kappa shape index (κ3) is 3.68. The molecular formula is C14H22N4O. The van der Waals surface area contributed by atoms with E-state index in [1.807, 2.05) is 25.1 Å². The zero-order valence-electron chi connectivity index (χ0n) is 11.6. The van der Waals surface area contributed by atoms with Crippen LogP contribution in [0, 0.1) is 6.92 Å². The van der Waals surface area contributed by atoms with Gasteiger partial charge in [0.25, 0.3) is 0 Å². The van der Waals surface area contributed by atoms with Crippen LogP contribution in [0.1, 0.15) is 5.56 Å². The first-order valence-corrected chi connectivity index (χ1v) is 6.62. The molecule has 1 heterocycles. The molecule has 1 saturated heterocycles. The van der Waals surface area contributed by atoms with Gasteiger partial charge in [0, 0.05) is 37.6 Å². The van der Waals surface area contributed by atoms with E-state index in [1.165, 1.54) is 0 Å². The van der Waals surface area contributed by atoms with E-state index in [2.05, 4.69) is 22.2 Å². The number of nitrogens with one attached hydrogen (secondary N) is 1. The van der Waals surface area contributed by atoms with Gasteiger partial charge in [-0.2, -0.15) is 0 Å². The number of carbonyl (C=O) groups is 1. The summed E-state index contributed by atoms with van der Waals surface area (Å²) >= 11 is 0. The Bertz CT molecular complexity index is 453. The van der Waals surface area contributed by atoms with Crippen molar-refractivity contribution in [2.75, 3.05) is 50.8 Å². The van der Waals surface area contributed by atoms with Crippen molar-refractivity contribution in [2.24, 2.45) is 0 Å². The van der Waals surface area contributed by atoms with Crippen LogP contribution in [0.15, 0.2) is 18.2 Å². The molecule has 0 radical (unpaired) electrons. The Morgan fingerprint density at radius 3 is 2.68 bits per heavy atom. The molecule has 104 valence electrons. The lowest BCUT2D eigenvalue weighted by molar-refractivity contribution is -0.117. The van der Waals surface area contributed by atoms with Gasteiger partial charge in [-0.3, -0.25) is 9.69 Å². The molecule has 0 spiro atoms. The van der Waals surface area contributed by atoms with Crippen LogP contribution in [0.3, 0.4) is 0 Å². The molecule has 0 unspecified atom stereocenters. The summed E-state index contributed by atoms with van der Waals surface area (Å²) in [6, 6.07) is 5.58. The second kappa shape index (κ2) is 6.04. The molecule has 0 bridgehead atoms. The highest BCUT2D eigenvalue weighted by atomic mass is 16.2. The summed E-state index contributed by atoms with van der Waals surface area (Å²) in [7, 11) is 2.10. The minimum atomic E-state index is 0.0262. The number of likely N-dealkylation sites (N-methyl/N-ethyl adjacent to an activating group) is 1. The molecule has 3 N–H and O–H groups in total. The molecule has 0 aromatic heterocycles. The van der Waals surface area contributed by atoms with Gasteiger partial charge in [-0.25, -0.2) is 0 Å². The summed E-state index contributed by atoms with van der Waals surface area (Å²) in [4.78, 5) is 16.5. The number of nitrogens with zero attached hydrogens (tertiary/aromatic N) is 2. The Morgan fingerprint density at radius 1 is 1.32 bits per heavy atom. The number of carbonyl (C=O) groups excluding carboxylic acids is 1. The van der Waals surface area contributed by atoms with Crippen LogP contribution < -0.4 is 11.1 Å². The monoisotopic (exact) mass is 262 g/mol. The van der Waals surface area contributed by atoms with Crippen LogP contribution in [0.2, 0.25) is 0 Å². The van der Waals surface area contributed by atoms with Gasteiger partial charge in [0.1, 0.15) is 0 Å². The fraction of sp³-hybridized carbons (Fsp3) is 0.500. The molecule has 2 rings (SSSR count). The van der Waals surface area contributed by atoms with Crippen molar-refractivity contribution < 1.29 is 4.79 Å². The third-order valence-corrected chi connectivity index (χ3v) is 3.61. The molecule has 0 atom stereocenters. The Labute approximate surface area is 114 Å². The quantitative estimate of drug-likeness (QED) is 0.790. The highest BCUT2D eigenvalue weighted by molar-refractivity contribution is 5.93. The third-order valence-electron chi connectivity index (χ3n) is 3.61. The molecule has 19 heavy (non-hydrogen) atoms. The fourth-order valence-corrected chi connectivity index (χ4v) is 2.19. The standard InChI is InChI=1S/C14H22N4O/c1-11-12(15)4-3-5-13(11)16-14(19)10-18-8-6-17(2)7-9-18/h3-5H,6-10,15H2,1-2H3,(H,16,19). The van der Waals surface area contributed by atoms with Crippen molar-refractivity contribution >= 4 is 17.3 Å². The van der Waals surface area contributed by atoms with E-state index in [0.29, 0.717) is 12.2 Å². The zero-order chi connectivity index (χ0) is 13.8. The molecule has 0 aliphatic carbocycles. The van der Waals surface area contributed by atoms with Crippen molar-refractivity contribution in [3.63, 3.8) is 0 Å². The van der Waals surface area contributed by atoms with Crippen molar-refractivity contribution in [3.8, 4) is 0 Å². The molecule has 1 aromatic carbocycles. The minimum absolute atomic E-state index is 0.0262. The predicted molar refractivity (Wildman–Crippen MR) is 78.2 cm³/mol. The van der Waals surface area contributed by atoms with E-state index in [9.17, 15) is 4.79 Å². The summed E-state index contributed by atoms with van der Waals surface area (Å²) in [5.74, 6) is 0.0262. The molecular weight excluding hydrogens is 240 g/mol. The normalized spacial score (nSPS) is 17.4. The molecule has 1 amide bonds. The number of amides is 1. The summed E-state index contributed by atoms with van der Waals surface area (Å²) in [6.45, 7) is 6.29. The molecule has 1 aromatic rings. The number of piperazine rings is 1. The highest BCUT2D eigenvalue weighted by Crippen LogP contribution is 2.20. The first-order valence-electron chi connectivity index (χ1n) is 6.62. The lowest BCUT2D eigenvalue weighted by atomic mass is 10.1. The Balaban J connectivity index is 1.89. The molecule has 5 nitrogen and oxygen atoms in total. The maximum absolute atomic E-state index is 12.0. The molecule has 1 aliphatic rings. The van der Waals surface area contributed by atoms with Crippen molar-refractivity contribution in [2.45, 2.75) is 6.92 Å². The second-order valence-corrected chi connectivity index (χ2v) is 5.15. The summed E-state index contributed by atoms with van der Waals surface area (Å²) in [5.41, 5.74) is 8.26. The van der Waals surface area contributed by atoms with E-state index < -0.39 is 0 Å². The number of nitrogens with two attached hydrogens (primary N) is 1. The van der Waals surface area contributed by atoms with Gasteiger partial charge in [-0.05, 0) is 31.7 Å². The number of rotatable bonds is 3. The van der Waals surface area contributed by atoms with E-state index in [-0.39, 0.29) is 5.91 Å². The smallest absolute Gasteiger partial charge is 0.238 e. The van der Waals surface area contributed by atoms with Gasteiger partial charge < -0.3 is 16.0 Å². The number of hydrogen-bond acceptors (Lipinski definition) is 4. The van der Waals surface area contributed by atoms with Crippen LogP contribution >= 0.6 is 0 Å². The summed E-state index contributed by atoms with van der Waals surface area (Å²) in [6.07, 6.45) is 0. The van der Waals surface area contributed by atoms with Gasteiger partial charge in [0.2, 0.25) is 5.91 Å². The van der Waals surface area contributed by atoms with Crippen molar-refractivity contribution in [1.29, 1.82) is 0 Å². The second-order valence-electron chi connectivity index (χ2n) is 5.15. The minimum Gasteiger partial charge on any atom is -0.398 e. The van der Waals surface area contributed by atoms with Gasteiger partial charge >= 0.3 is 0 Å². The van der Waals surface area contributed by atoms with Crippen LogP contribution in [-0.2, 0) is 4.79 Å². The number of benzene rings is 1. The van der Waals surface area contributed by atoms with Crippen LogP contribution in [0.25, 0.3) is 0 Å². The van der Waals surface area contributed by atoms with E-state index in [0.717, 1.165) is 37.4 Å². The molecule has 1 aliphatic heterocycles. The highest BCUT2D eigenvalue weighted by Gasteiger charge is 2.16. The maximum atomic E-state index is 12.0. The number of anilines is 2. The molecule has 0 saturated carbocycles. The maximum Gasteiger partial charge on any atom is 0.238 e. The zero-order valence-corrected chi connectivity index (χ0v) is 11.6. The lowest BCUT2D eigenvalue weighted by Crippen LogP contribution is -2.47. The molecule has 1 fully saturated rings. The van der Waals surface area contributed by atoms with E-state index in [4.69, 9.17) is 5.73 Å². The van der Waals surface area contributed by atoms with Gasteiger partial charge in [0.15, 0.2) is 0 Å². The van der Waals surface area contributed by atoms with Crippen molar-refractivity contribution in [1.82, 2.24) is 9.80 Å². The average Bonchev–Trinajstić information content (AvgIpc) is 2.38. The Hall–Kier alpha value is -1.59. The van der Waals surface area contributed by atoms with Crippen LogP contribution in [0.5, 0.6) is 0 Å². The summed E-state index contributed by atoms with van der Waals surface area (Å²) in [5, 5.41) is 2.94. The van der Waals surface area contributed by atoms with Gasteiger partial charge in [0.05, 0.1) is 6.54 Å². The SMILES string of the molecule is Cc1c(N)cccc1NC(=O)CN1CCN(C)CC1. The Kier molecular flexibility index (Phi) is 4.39. The molecule has 5 heteroatoms. The fourth-order valence-electron chi connectivity index (χ4n) is 2.19. The van der Waals surface area contributed by atoms with Crippen LogP contribution in [-0.4, -0.2) is 55.5 Å². The largest absolute Gasteiger partial charge is 0.398 e. The van der Waals surface area contributed by atoms with Gasteiger partial charge in [-0.1, -0.05) is 6.07 Å². The lowest BCUT2D eigenvalue weighted by Gasteiger charge is -2.31. The first kappa shape index (κ1) is 13.8. The van der Waals surface area contributed by atoms with Crippen LogP contribution in [0.4, 0.5) is 11.4 Å². The number of hydrogen-bond donors (Lipinski definition) is 2. The van der Waals surface area contributed by atoms with E-state index in [1.54, 1.807) is 0 Å². The first-order chi connectivity index (χ1) is 9.06.